The molecule has 0 saturated carbocycles. The maximum absolute atomic E-state index is 10.8. The molecule has 0 aliphatic heterocycles. The van der Waals surface area contributed by atoms with Gasteiger partial charge in [0.1, 0.15) is 5.78 Å². The van der Waals surface area contributed by atoms with Gasteiger partial charge in [0.15, 0.2) is 0 Å². The molecule has 6 heteroatoms. The van der Waals surface area contributed by atoms with E-state index in [-0.39, 0.29) is 0 Å². The predicted molar refractivity (Wildman–Crippen MR) is 53.1 cm³/mol. The zero-order valence-corrected chi connectivity index (χ0v) is 9.07. The molecule has 0 spiro atoms. The van der Waals surface area contributed by atoms with Gasteiger partial charge in [-0.1, -0.05) is 28.1 Å². The molecule has 4 N–H and O–H groups in total. The zero-order chi connectivity index (χ0) is 10.1. The van der Waals surface area contributed by atoms with Crippen LogP contribution >= 0.6 is 23.5 Å². The van der Waals surface area contributed by atoms with Gasteiger partial charge in [-0.05, 0) is 17.7 Å². The van der Waals surface area contributed by atoms with Crippen molar-refractivity contribution in [3.05, 3.63) is 34.3 Å². The summed E-state index contributed by atoms with van der Waals surface area (Å²) in [6, 6.07) is 6.53. The molecular formula is C7H9BrNO3P. The number of benzene rings is 1. The Labute approximate surface area is 84.1 Å². The van der Waals surface area contributed by atoms with Crippen LogP contribution in [0.4, 0.5) is 0 Å². The smallest absolute Gasteiger partial charge is 0.323 e. The first kappa shape index (κ1) is 10.9. The van der Waals surface area contributed by atoms with Crippen LogP contribution in [0, 0.1) is 0 Å². The third-order valence-electron chi connectivity index (χ3n) is 1.57. The summed E-state index contributed by atoms with van der Waals surface area (Å²) in [5.74, 6) is -1.24. The molecular weight excluding hydrogens is 257 g/mol. The van der Waals surface area contributed by atoms with Crippen molar-refractivity contribution >= 4 is 23.5 Å². The summed E-state index contributed by atoms with van der Waals surface area (Å²) in [6.07, 6.45) is 0. The predicted octanol–water partition coefficient (Wildman–Crippen LogP) is 1.58. The second-order valence-electron chi connectivity index (χ2n) is 2.59. The lowest BCUT2D eigenvalue weighted by molar-refractivity contribution is 0.359. The SMILES string of the molecule is N[C@H](c1ccc(Br)cc1)P(=O)(O)O. The Bertz CT molecular complexity index is 334. The normalized spacial score (nSPS) is 14.2. The van der Waals surface area contributed by atoms with Crippen LogP contribution in [0.2, 0.25) is 0 Å². The van der Waals surface area contributed by atoms with Gasteiger partial charge in [-0.15, -0.1) is 0 Å². The minimum Gasteiger partial charge on any atom is -0.323 e. The van der Waals surface area contributed by atoms with E-state index in [1.54, 1.807) is 24.3 Å². The highest BCUT2D eigenvalue weighted by Crippen LogP contribution is 2.47. The van der Waals surface area contributed by atoms with Crippen LogP contribution in [-0.4, -0.2) is 9.79 Å². The Hall–Kier alpha value is -0.190. The molecule has 13 heavy (non-hydrogen) atoms. The monoisotopic (exact) mass is 265 g/mol. The van der Waals surface area contributed by atoms with Crippen molar-refractivity contribution in [1.82, 2.24) is 0 Å². The molecule has 0 aromatic heterocycles. The van der Waals surface area contributed by atoms with Crippen LogP contribution in [0.1, 0.15) is 11.3 Å². The van der Waals surface area contributed by atoms with Crippen LogP contribution in [0.5, 0.6) is 0 Å². The van der Waals surface area contributed by atoms with E-state index >= 15 is 0 Å². The minimum absolute atomic E-state index is 0.427. The fraction of sp³-hybridized carbons (Fsp3) is 0.143. The average Bonchev–Trinajstić information content (AvgIpc) is 2.03. The number of hydrogen-bond acceptors (Lipinski definition) is 2. The third-order valence-corrected chi connectivity index (χ3v) is 3.13. The Morgan fingerprint density at radius 3 is 2.15 bits per heavy atom. The summed E-state index contributed by atoms with van der Waals surface area (Å²) in [7, 11) is -4.23. The molecule has 0 aliphatic carbocycles. The van der Waals surface area contributed by atoms with Crippen molar-refractivity contribution in [2.75, 3.05) is 0 Å². The quantitative estimate of drug-likeness (QED) is 0.709. The molecule has 0 unspecified atom stereocenters. The third kappa shape index (κ3) is 2.90. The molecule has 72 valence electrons. The van der Waals surface area contributed by atoms with Gasteiger partial charge >= 0.3 is 7.60 Å². The van der Waals surface area contributed by atoms with Gasteiger partial charge in [-0.25, -0.2) is 0 Å². The fourth-order valence-corrected chi connectivity index (χ4v) is 1.68. The van der Waals surface area contributed by atoms with Gasteiger partial charge in [0.05, 0.1) is 0 Å². The van der Waals surface area contributed by atoms with E-state index in [4.69, 9.17) is 15.5 Å². The van der Waals surface area contributed by atoms with Crippen LogP contribution in [0.15, 0.2) is 28.7 Å². The summed E-state index contributed by atoms with van der Waals surface area (Å²) in [4.78, 5) is 17.6. The first-order chi connectivity index (χ1) is 5.91. The molecule has 1 aromatic rings. The van der Waals surface area contributed by atoms with E-state index in [9.17, 15) is 4.57 Å². The summed E-state index contributed by atoms with van der Waals surface area (Å²) in [6.45, 7) is 0. The highest BCUT2D eigenvalue weighted by Gasteiger charge is 2.25. The van der Waals surface area contributed by atoms with Crippen LogP contribution < -0.4 is 5.73 Å². The Balaban J connectivity index is 2.97. The van der Waals surface area contributed by atoms with Gasteiger partial charge in [0.2, 0.25) is 0 Å². The van der Waals surface area contributed by atoms with Crippen molar-refractivity contribution in [2.45, 2.75) is 5.78 Å². The van der Waals surface area contributed by atoms with Crippen molar-refractivity contribution in [3.8, 4) is 0 Å². The maximum Gasteiger partial charge on any atom is 0.346 e. The first-order valence-corrected chi connectivity index (χ1v) is 5.95. The lowest BCUT2D eigenvalue weighted by atomic mass is 10.2. The molecule has 0 bridgehead atoms. The highest BCUT2D eigenvalue weighted by atomic mass is 79.9. The molecule has 0 saturated heterocycles. The summed E-state index contributed by atoms with van der Waals surface area (Å²) in [5, 5.41) is 0. The molecule has 1 aromatic carbocycles. The van der Waals surface area contributed by atoms with Crippen LogP contribution in [-0.2, 0) is 4.57 Å². The van der Waals surface area contributed by atoms with Crippen molar-refractivity contribution in [2.24, 2.45) is 5.73 Å². The molecule has 4 nitrogen and oxygen atoms in total. The van der Waals surface area contributed by atoms with Crippen LogP contribution in [0.3, 0.4) is 0 Å². The number of nitrogens with two attached hydrogens (primary N) is 1. The summed E-state index contributed by atoms with van der Waals surface area (Å²) >= 11 is 3.21. The molecule has 0 aliphatic rings. The lowest BCUT2D eigenvalue weighted by Gasteiger charge is -2.13. The molecule has 1 rings (SSSR count). The first-order valence-electron chi connectivity index (χ1n) is 3.47. The Morgan fingerprint density at radius 1 is 1.31 bits per heavy atom. The van der Waals surface area contributed by atoms with E-state index in [1.807, 2.05) is 0 Å². The highest BCUT2D eigenvalue weighted by molar-refractivity contribution is 9.10. The van der Waals surface area contributed by atoms with E-state index in [0.717, 1.165) is 4.47 Å². The number of hydrogen-bond donors (Lipinski definition) is 3. The zero-order valence-electron chi connectivity index (χ0n) is 6.59. The topological polar surface area (TPSA) is 83.6 Å². The van der Waals surface area contributed by atoms with E-state index in [1.165, 1.54) is 0 Å². The second-order valence-corrected chi connectivity index (χ2v) is 5.24. The molecule has 0 heterocycles. The minimum atomic E-state index is -4.23. The van der Waals surface area contributed by atoms with Gasteiger partial charge < -0.3 is 15.5 Å². The maximum atomic E-state index is 10.8. The van der Waals surface area contributed by atoms with Gasteiger partial charge in [-0.2, -0.15) is 0 Å². The molecule has 1 atom stereocenters. The number of rotatable bonds is 2. The number of halogens is 1. The average molecular weight is 266 g/mol. The van der Waals surface area contributed by atoms with Gasteiger partial charge in [0.25, 0.3) is 0 Å². The largest absolute Gasteiger partial charge is 0.346 e. The summed E-state index contributed by atoms with van der Waals surface area (Å²) < 4.78 is 11.6. The van der Waals surface area contributed by atoms with E-state index in [2.05, 4.69) is 15.9 Å². The Morgan fingerprint density at radius 2 is 1.77 bits per heavy atom. The molecule has 0 fully saturated rings. The molecule has 0 radical (unpaired) electrons. The summed E-state index contributed by atoms with van der Waals surface area (Å²) in [5.41, 5.74) is 5.77. The second kappa shape index (κ2) is 3.90. The van der Waals surface area contributed by atoms with Crippen molar-refractivity contribution in [1.29, 1.82) is 0 Å². The lowest BCUT2D eigenvalue weighted by Crippen LogP contribution is -2.10. The standard InChI is InChI=1S/C7H9BrNO3P/c8-6-3-1-5(2-4-6)7(9)13(10,11)12/h1-4,7H,9H2,(H2,10,11,12)/t7-/m0/s1. The van der Waals surface area contributed by atoms with E-state index < -0.39 is 13.4 Å². The van der Waals surface area contributed by atoms with Crippen molar-refractivity contribution in [3.63, 3.8) is 0 Å². The fourth-order valence-electron chi connectivity index (χ4n) is 0.854. The van der Waals surface area contributed by atoms with Crippen molar-refractivity contribution < 1.29 is 14.4 Å². The van der Waals surface area contributed by atoms with Crippen LogP contribution in [0.25, 0.3) is 0 Å². The van der Waals surface area contributed by atoms with Gasteiger partial charge in [-0.3, -0.25) is 4.57 Å². The van der Waals surface area contributed by atoms with E-state index in [0.29, 0.717) is 5.56 Å². The molecule has 0 amide bonds. The van der Waals surface area contributed by atoms with Gasteiger partial charge in [0, 0.05) is 4.47 Å². The Kier molecular flexibility index (Phi) is 3.27.